The predicted octanol–water partition coefficient (Wildman–Crippen LogP) is 2.28. The monoisotopic (exact) mass is 279 g/mol. The number of nitrogens with zero attached hydrogens (tertiary/aromatic N) is 1. The molecule has 102 valence electrons. The minimum absolute atomic E-state index is 0.263. The molecule has 0 N–H and O–H groups in total. The van der Waals surface area contributed by atoms with E-state index in [1.165, 1.54) is 7.11 Å². The van der Waals surface area contributed by atoms with Gasteiger partial charge in [0.2, 0.25) is 0 Å². The van der Waals surface area contributed by atoms with E-state index >= 15 is 0 Å². The lowest BCUT2D eigenvalue weighted by atomic mass is 10.2. The predicted molar refractivity (Wildman–Crippen MR) is 76.4 cm³/mol. The number of carbonyl (C=O) groups is 1. The van der Waals surface area contributed by atoms with Crippen molar-refractivity contribution in [3.8, 4) is 0 Å². The molecule has 1 aromatic carbocycles. The van der Waals surface area contributed by atoms with Crippen molar-refractivity contribution in [1.82, 2.24) is 0 Å². The number of hydrogen-bond donors (Lipinski definition) is 0. The Labute approximate surface area is 117 Å². The maximum absolute atomic E-state index is 11.4. The molecule has 2 rings (SSSR count). The van der Waals surface area contributed by atoms with Crippen LogP contribution in [-0.4, -0.2) is 36.5 Å². The number of ether oxygens (including phenoxy) is 2. The lowest BCUT2D eigenvalue weighted by molar-refractivity contribution is -0.142. The maximum Gasteiger partial charge on any atom is 0.330 e. The maximum atomic E-state index is 11.4. The SMILES string of the molecule is COC(=O)C1CCSC(COCc2ccccc2)=N1. The van der Waals surface area contributed by atoms with E-state index in [0.29, 0.717) is 13.2 Å². The van der Waals surface area contributed by atoms with Crippen LogP contribution >= 0.6 is 11.8 Å². The Balaban J connectivity index is 1.82. The summed E-state index contributed by atoms with van der Waals surface area (Å²) in [4.78, 5) is 15.8. The fraction of sp³-hybridized carbons (Fsp3) is 0.429. The number of aliphatic imine (C=N–C) groups is 1. The van der Waals surface area contributed by atoms with Gasteiger partial charge in [0.1, 0.15) is 6.04 Å². The van der Waals surface area contributed by atoms with Crippen molar-refractivity contribution in [3.63, 3.8) is 0 Å². The number of methoxy groups -OCH3 is 1. The normalized spacial score (nSPS) is 18.8. The molecule has 0 aromatic heterocycles. The molecule has 1 heterocycles. The van der Waals surface area contributed by atoms with Crippen molar-refractivity contribution in [2.45, 2.75) is 19.1 Å². The lowest BCUT2D eigenvalue weighted by Crippen LogP contribution is -2.26. The van der Waals surface area contributed by atoms with Gasteiger partial charge in [-0.05, 0) is 12.0 Å². The fourth-order valence-corrected chi connectivity index (χ4v) is 2.73. The third kappa shape index (κ3) is 4.36. The molecule has 4 nitrogen and oxygen atoms in total. The van der Waals surface area contributed by atoms with Gasteiger partial charge in [-0.25, -0.2) is 4.79 Å². The second kappa shape index (κ2) is 7.31. The summed E-state index contributed by atoms with van der Waals surface area (Å²) in [7, 11) is 1.39. The van der Waals surface area contributed by atoms with Gasteiger partial charge in [-0.2, -0.15) is 0 Å². The van der Waals surface area contributed by atoms with E-state index in [9.17, 15) is 4.79 Å². The Morgan fingerprint density at radius 3 is 2.89 bits per heavy atom. The summed E-state index contributed by atoms with van der Waals surface area (Å²) in [6.45, 7) is 1.01. The molecule has 5 heteroatoms. The van der Waals surface area contributed by atoms with Crippen LogP contribution in [0, 0.1) is 0 Å². The van der Waals surface area contributed by atoms with Crippen LogP contribution in [0.3, 0.4) is 0 Å². The summed E-state index contributed by atoms with van der Waals surface area (Å²) < 4.78 is 10.3. The number of benzene rings is 1. The van der Waals surface area contributed by atoms with Crippen LogP contribution in [-0.2, 0) is 20.9 Å². The second-order valence-electron chi connectivity index (χ2n) is 4.18. The summed E-state index contributed by atoms with van der Waals surface area (Å²) >= 11 is 1.65. The van der Waals surface area contributed by atoms with Crippen molar-refractivity contribution in [3.05, 3.63) is 35.9 Å². The molecule has 19 heavy (non-hydrogen) atoms. The highest BCUT2D eigenvalue weighted by molar-refractivity contribution is 8.14. The summed E-state index contributed by atoms with van der Waals surface area (Å²) in [5.41, 5.74) is 1.13. The molecular weight excluding hydrogens is 262 g/mol. The summed E-state index contributed by atoms with van der Waals surface area (Å²) in [5, 5.41) is 0.873. The Morgan fingerprint density at radius 1 is 1.37 bits per heavy atom. The molecule has 0 spiro atoms. The molecule has 0 saturated carbocycles. The molecule has 1 aliphatic heterocycles. The topological polar surface area (TPSA) is 47.9 Å². The minimum Gasteiger partial charge on any atom is -0.467 e. The van der Waals surface area contributed by atoms with Crippen LogP contribution in [0.2, 0.25) is 0 Å². The van der Waals surface area contributed by atoms with Crippen molar-refractivity contribution in [2.75, 3.05) is 19.5 Å². The van der Waals surface area contributed by atoms with E-state index in [0.717, 1.165) is 22.8 Å². The van der Waals surface area contributed by atoms with Crippen LogP contribution in [0.15, 0.2) is 35.3 Å². The molecule has 1 atom stereocenters. The Bertz CT molecular complexity index is 447. The molecule has 0 saturated heterocycles. The number of esters is 1. The van der Waals surface area contributed by atoms with E-state index in [1.54, 1.807) is 11.8 Å². The van der Waals surface area contributed by atoms with E-state index in [-0.39, 0.29) is 12.0 Å². The van der Waals surface area contributed by atoms with Gasteiger partial charge in [-0.15, -0.1) is 11.8 Å². The third-order valence-corrected chi connectivity index (χ3v) is 3.77. The van der Waals surface area contributed by atoms with Crippen LogP contribution in [0.5, 0.6) is 0 Å². The minimum atomic E-state index is -0.360. The highest BCUT2D eigenvalue weighted by atomic mass is 32.2. The summed E-state index contributed by atoms with van der Waals surface area (Å²) in [5.74, 6) is 0.619. The molecule has 1 aliphatic rings. The first-order valence-electron chi connectivity index (χ1n) is 6.18. The molecule has 0 radical (unpaired) electrons. The van der Waals surface area contributed by atoms with E-state index in [4.69, 9.17) is 9.47 Å². The largest absolute Gasteiger partial charge is 0.467 e. The Hall–Kier alpha value is -1.33. The fourth-order valence-electron chi connectivity index (χ4n) is 1.78. The lowest BCUT2D eigenvalue weighted by Gasteiger charge is -2.18. The number of carbonyl (C=O) groups excluding carboxylic acids is 1. The van der Waals surface area contributed by atoms with Gasteiger partial charge in [-0.3, -0.25) is 4.99 Å². The molecule has 0 bridgehead atoms. The zero-order valence-electron chi connectivity index (χ0n) is 10.9. The van der Waals surface area contributed by atoms with Gasteiger partial charge < -0.3 is 9.47 Å². The molecule has 0 aliphatic carbocycles. The van der Waals surface area contributed by atoms with Gasteiger partial charge in [0.25, 0.3) is 0 Å². The number of rotatable bonds is 5. The smallest absolute Gasteiger partial charge is 0.330 e. The van der Waals surface area contributed by atoms with Crippen LogP contribution in [0.25, 0.3) is 0 Å². The molecule has 1 aromatic rings. The van der Waals surface area contributed by atoms with Crippen LogP contribution in [0.1, 0.15) is 12.0 Å². The van der Waals surface area contributed by atoms with Gasteiger partial charge in [0, 0.05) is 5.75 Å². The quantitative estimate of drug-likeness (QED) is 0.776. The van der Waals surface area contributed by atoms with Crippen molar-refractivity contribution >= 4 is 22.8 Å². The van der Waals surface area contributed by atoms with Crippen molar-refractivity contribution < 1.29 is 14.3 Å². The standard InChI is InChI=1S/C14H17NO3S/c1-17-14(16)12-7-8-19-13(15-12)10-18-9-11-5-3-2-4-6-11/h2-6,12H,7-10H2,1H3. The zero-order valence-corrected chi connectivity index (χ0v) is 11.7. The van der Waals surface area contributed by atoms with E-state index < -0.39 is 0 Å². The first kappa shape index (κ1) is 14.1. The van der Waals surface area contributed by atoms with Crippen molar-refractivity contribution in [2.24, 2.45) is 4.99 Å². The van der Waals surface area contributed by atoms with Crippen molar-refractivity contribution in [1.29, 1.82) is 0 Å². The molecule has 1 unspecified atom stereocenters. The summed E-state index contributed by atoms with van der Waals surface area (Å²) in [6, 6.07) is 9.63. The molecular formula is C14H17NO3S. The first-order chi connectivity index (χ1) is 9.29. The highest BCUT2D eigenvalue weighted by Crippen LogP contribution is 2.19. The third-order valence-electron chi connectivity index (χ3n) is 2.77. The summed E-state index contributed by atoms with van der Waals surface area (Å²) in [6.07, 6.45) is 0.736. The Kier molecular flexibility index (Phi) is 5.42. The van der Waals surface area contributed by atoms with Crippen LogP contribution in [0.4, 0.5) is 0 Å². The average molecular weight is 279 g/mol. The van der Waals surface area contributed by atoms with E-state index in [2.05, 4.69) is 4.99 Å². The highest BCUT2D eigenvalue weighted by Gasteiger charge is 2.22. The van der Waals surface area contributed by atoms with Gasteiger partial charge in [0.15, 0.2) is 0 Å². The Morgan fingerprint density at radius 2 is 2.16 bits per heavy atom. The van der Waals surface area contributed by atoms with Gasteiger partial charge >= 0.3 is 5.97 Å². The van der Waals surface area contributed by atoms with E-state index in [1.807, 2.05) is 30.3 Å². The first-order valence-corrected chi connectivity index (χ1v) is 7.17. The van der Waals surface area contributed by atoms with Gasteiger partial charge in [0.05, 0.1) is 25.4 Å². The molecule has 0 amide bonds. The van der Waals surface area contributed by atoms with Crippen LogP contribution < -0.4 is 0 Å². The zero-order chi connectivity index (χ0) is 13.5. The number of hydrogen-bond acceptors (Lipinski definition) is 5. The number of thioether (sulfide) groups is 1. The molecule has 0 fully saturated rings. The average Bonchev–Trinajstić information content (AvgIpc) is 2.48. The van der Waals surface area contributed by atoms with Gasteiger partial charge in [-0.1, -0.05) is 30.3 Å². The second-order valence-corrected chi connectivity index (χ2v) is 5.35.